The Kier molecular flexibility index (Phi) is 4.47. The number of rotatable bonds is 4. The molecular formula is C11H11F3N2O3. The molecule has 1 aromatic rings. The number of hydrogen-bond acceptors (Lipinski definition) is 3. The average molecular weight is 276 g/mol. The van der Waals surface area contributed by atoms with Gasteiger partial charge in [0.15, 0.2) is 0 Å². The molecule has 0 spiro atoms. The maximum absolute atomic E-state index is 12.1. The Morgan fingerprint density at radius 2 is 2.11 bits per heavy atom. The number of carbonyl (C=O) groups excluding carboxylic acids is 1. The molecule has 0 aromatic carbocycles. The summed E-state index contributed by atoms with van der Waals surface area (Å²) in [4.78, 5) is 25.5. The molecule has 1 aromatic heterocycles. The average Bonchev–Trinajstić information content (AvgIpc) is 2.29. The minimum atomic E-state index is -5.12. The number of amides is 1. The SMILES string of the molecule is Cc1cccnc1CC(NC(=O)C(F)(F)F)C(=O)O. The molecule has 1 heterocycles. The zero-order chi connectivity index (χ0) is 14.6. The molecule has 104 valence electrons. The molecule has 0 saturated heterocycles. The summed E-state index contributed by atoms with van der Waals surface area (Å²) in [5.41, 5.74) is 0.951. The molecule has 0 aliphatic heterocycles. The second-order valence-electron chi connectivity index (χ2n) is 3.83. The predicted octanol–water partition coefficient (Wildman–Crippen LogP) is 1.06. The standard InChI is InChI=1S/C11H11F3N2O3/c1-6-3-2-4-15-7(6)5-8(9(17)18)16-10(19)11(12,13)14/h2-4,8H,5H2,1H3,(H,16,19)(H,17,18). The van der Waals surface area contributed by atoms with Gasteiger partial charge in [0.2, 0.25) is 0 Å². The van der Waals surface area contributed by atoms with Crippen molar-refractivity contribution < 1.29 is 27.9 Å². The van der Waals surface area contributed by atoms with Gasteiger partial charge in [-0.2, -0.15) is 13.2 Å². The lowest BCUT2D eigenvalue weighted by Gasteiger charge is -2.16. The number of carbonyl (C=O) groups is 2. The van der Waals surface area contributed by atoms with Gasteiger partial charge in [-0.25, -0.2) is 4.79 Å². The summed E-state index contributed by atoms with van der Waals surface area (Å²) in [6.45, 7) is 1.65. The van der Waals surface area contributed by atoms with Crippen LogP contribution in [-0.4, -0.2) is 34.2 Å². The molecule has 0 saturated carbocycles. The third-order valence-corrected chi connectivity index (χ3v) is 2.38. The number of carboxylic acids is 1. The number of pyridine rings is 1. The van der Waals surface area contributed by atoms with E-state index in [-0.39, 0.29) is 6.42 Å². The van der Waals surface area contributed by atoms with Crippen molar-refractivity contribution in [2.24, 2.45) is 0 Å². The Hall–Kier alpha value is -2.12. The number of aryl methyl sites for hydroxylation is 1. The maximum atomic E-state index is 12.1. The second kappa shape index (κ2) is 5.68. The van der Waals surface area contributed by atoms with Crippen molar-refractivity contribution in [3.05, 3.63) is 29.6 Å². The van der Waals surface area contributed by atoms with Crippen LogP contribution in [0.5, 0.6) is 0 Å². The van der Waals surface area contributed by atoms with E-state index in [2.05, 4.69) is 4.98 Å². The van der Waals surface area contributed by atoms with Gasteiger partial charge in [-0.05, 0) is 18.6 Å². The van der Waals surface area contributed by atoms with E-state index in [1.165, 1.54) is 11.5 Å². The van der Waals surface area contributed by atoms with Gasteiger partial charge in [0.05, 0.1) is 0 Å². The summed E-state index contributed by atoms with van der Waals surface area (Å²) < 4.78 is 36.2. The zero-order valence-electron chi connectivity index (χ0n) is 9.86. The minimum absolute atomic E-state index is 0.316. The smallest absolute Gasteiger partial charge is 0.471 e. The molecule has 1 unspecified atom stereocenters. The van der Waals surface area contributed by atoms with E-state index >= 15 is 0 Å². The predicted molar refractivity (Wildman–Crippen MR) is 58.3 cm³/mol. The molecule has 0 fully saturated rings. The lowest BCUT2D eigenvalue weighted by atomic mass is 10.1. The van der Waals surface area contributed by atoms with Gasteiger partial charge in [-0.15, -0.1) is 0 Å². The van der Waals surface area contributed by atoms with Crippen molar-refractivity contribution in [1.29, 1.82) is 0 Å². The summed E-state index contributed by atoms with van der Waals surface area (Å²) in [6.07, 6.45) is -4.04. The van der Waals surface area contributed by atoms with E-state index in [4.69, 9.17) is 5.11 Å². The van der Waals surface area contributed by atoms with E-state index < -0.39 is 24.1 Å². The Morgan fingerprint density at radius 1 is 1.47 bits per heavy atom. The number of halogens is 3. The summed E-state index contributed by atoms with van der Waals surface area (Å²) in [5.74, 6) is -3.84. The highest BCUT2D eigenvalue weighted by molar-refractivity contribution is 5.87. The number of aliphatic carboxylic acids is 1. The summed E-state index contributed by atoms with van der Waals surface area (Å²) in [5, 5.41) is 10.3. The lowest BCUT2D eigenvalue weighted by Crippen LogP contribution is -2.48. The molecule has 0 aliphatic carbocycles. The van der Waals surface area contributed by atoms with E-state index in [0.717, 1.165) is 0 Å². The van der Waals surface area contributed by atoms with Crippen LogP contribution in [0.2, 0.25) is 0 Å². The van der Waals surface area contributed by atoms with Crippen LogP contribution in [0.4, 0.5) is 13.2 Å². The van der Waals surface area contributed by atoms with Crippen molar-refractivity contribution in [2.75, 3.05) is 0 Å². The second-order valence-corrected chi connectivity index (χ2v) is 3.83. The molecule has 2 N–H and O–H groups in total. The van der Waals surface area contributed by atoms with Crippen LogP contribution in [0.3, 0.4) is 0 Å². The van der Waals surface area contributed by atoms with Crippen molar-refractivity contribution in [1.82, 2.24) is 10.3 Å². The molecule has 0 radical (unpaired) electrons. The van der Waals surface area contributed by atoms with Crippen LogP contribution in [0.1, 0.15) is 11.3 Å². The fraction of sp³-hybridized carbons (Fsp3) is 0.364. The third-order valence-electron chi connectivity index (χ3n) is 2.38. The monoisotopic (exact) mass is 276 g/mol. The van der Waals surface area contributed by atoms with Gasteiger partial charge in [-0.1, -0.05) is 6.07 Å². The minimum Gasteiger partial charge on any atom is -0.480 e. The van der Waals surface area contributed by atoms with E-state index in [0.29, 0.717) is 11.3 Å². The number of hydrogen-bond donors (Lipinski definition) is 2. The Labute approximate surface area is 106 Å². The molecule has 8 heteroatoms. The number of alkyl halides is 3. The molecule has 0 bridgehead atoms. The van der Waals surface area contributed by atoms with Crippen molar-refractivity contribution in [2.45, 2.75) is 25.6 Å². The van der Waals surface area contributed by atoms with E-state index in [1.54, 1.807) is 19.1 Å². The quantitative estimate of drug-likeness (QED) is 0.862. The molecule has 1 amide bonds. The normalized spacial score (nSPS) is 12.8. The first-order valence-corrected chi connectivity index (χ1v) is 5.23. The zero-order valence-corrected chi connectivity index (χ0v) is 9.86. The van der Waals surface area contributed by atoms with E-state index in [1.807, 2.05) is 0 Å². The van der Waals surface area contributed by atoms with Crippen molar-refractivity contribution in [3.8, 4) is 0 Å². The van der Waals surface area contributed by atoms with Crippen molar-refractivity contribution >= 4 is 11.9 Å². The highest BCUT2D eigenvalue weighted by Crippen LogP contribution is 2.15. The van der Waals surface area contributed by atoms with Gasteiger partial charge >= 0.3 is 18.1 Å². The molecule has 19 heavy (non-hydrogen) atoms. The summed E-state index contributed by atoms with van der Waals surface area (Å²) in [7, 11) is 0. The highest BCUT2D eigenvalue weighted by Gasteiger charge is 2.40. The van der Waals surface area contributed by atoms with Crippen LogP contribution in [-0.2, 0) is 16.0 Å². The van der Waals surface area contributed by atoms with Gasteiger partial charge in [-0.3, -0.25) is 9.78 Å². The topological polar surface area (TPSA) is 79.3 Å². The van der Waals surface area contributed by atoms with Gasteiger partial charge in [0.1, 0.15) is 6.04 Å². The number of nitrogens with zero attached hydrogens (tertiary/aromatic N) is 1. The van der Waals surface area contributed by atoms with Crippen LogP contribution < -0.4 is 5.32 Å². The Bertz CT molecular complexity index is 488. The first-order chi connectivity index (χ1) is 8.71. The first kappa shape index (κ1) is 14.9. The van der Waals surface area contributed by atoms with Gasteiger partial charge < -0.3 is 10.4 Å². The number of carboxylic acid groups (broad SMARTS) is 1. The fourth-order valence-electron chi connectivity index (χ4n) is 1.37. The van der Waals surface area contributed by atoms with Gasteiger partial charge in [0, 0.05) is 18.3 Å². The van der Waals surface area contributed by atoms with E-state index in [9.17, 15) is 22.8 Å². The molecule has 0 aliphatic rings. The summed E-state index contributed by atoms with van der Waals surface area (Å²) >= 11 is 0. The Balaban J connectivity index is 2.83. The maximum Gasteiger partial charge on any atom is 0.471 e. The number of nitrogens with one attached hydrogen (secondary N) is 1. The molecule has 1 atom stereocenters. The van der Waals surface area contributed by atoms with Gasteiger partial charge in [0.25, 0.3) is 0 Å². The molecule has 1 rings (SSSR count). The summed E-state index contributed by atoms with van der Waals surface area (Å²) in [6, 6.07) is 1.58. The molecular weight excluding hydrogens is 265 g/mol. The van der Waals surface area contributed by atoms with Crippen LogP contribution >= 0.6 is 0 Å². The lowest BCUT2D eigenvalue weighted by molar-refractivity contribution is -0.175. The Morgan fingerprint density at radius 3 is 2.58 bits per heavy atom. The van der Waals surface area contributed by atoms with Crippen molar-refractivity contribution in [3.63, 3.8) is 0 Å². The number of aromatic nitrogens is 1. The van der Waals surface area contributed by atoms with Crippen LogP contribution in [0, 0.1) is 6.92 Å². The largest absolute Gasteiger partial charge is 0.480 e. The van der Waals surface area contributed by atoms with Crippen LogP contribution in [0.15, 0.2) is 18.3 Å². The highest BCUT2D eigenvalue weighted by atomic mass is 19.4. The van der Waals surface area contributed by atoms with Crippen LogP contribution in [0.25, 0.3) is 0 Å². The third kappa shape index (κ3) is 4.23. The first-order valence-electron chi connectivity index (χ1n) is 5.23. The molecule has 5 nitrogen and oxygen atoms in total. The fourth-order valence-corrected chi connectivity index (χ4v) is 1.37.